The van der Waals surface area contributed by atoms with Gasteiger partial charge in [0.2, 0.25) is 5.91 Å². The van der Waals surface area contributed by atoms with Gasteiger partial charge >= 0.3 is 0 Å². The predicted octanol–water partition coefficient (Wildman–Crippen LogP) is 3.05. The molecule has 5 heteroatoms. The van der Waals surface area contributed by atoms with E-state index >= 15 is 0 Å². The molecule has 0 saturated carbocycles. The van der Waals surface area contributed by atoms with Gasteiger partial charge in [-0.25, -0.2) is 0 Å². The first-order valence-electron chi connectivity index (χ1n) is 8.46. The first kappa shape index (κ1) is 17.1. The van der Waals surface area contributed by atoms with Gasteiger partial charge < -0.3 is 10.1 Å². The number of ether oxygens (including phenoxy) is 1. The number of rotatable bonds is 8. The van der Waals surface area contributed by atoms with E-state index in [2.05, 4.69) is 27.7 Å². The van der Waals surface area contributed by atoms with Gasteiger partial charge in [-0.05, 0) is 29.9 Å². The molecule has 2 heterocycles. The van der Waals surface area contributed by atoms with Crippen molar-refractivity contribution >= 4 is 17.2 Å². The van der Waals surface area contributed by atoms with Crippen molar-refractivity contribution in [2.24, 2.45) is 0 Å². The third kappa shape index (κ3) is 5.44. The topological polar surface area (TPSA) is 41.6 Å². The van der Waals surface area contributed by atoms with Crippen LogP contribution in [0.2, 0.25) is 0 Å². The van der Waals surface area contributed by atoms with E-state index in [1.54, 1.807) is 11.3 Å². The van der Waals surface area contributed by atoms with Gasteiger partial charge in [0.05, 0.1) is 12.6 Å². The summed E-state index contributed by atoms with van der Waals surface area (Å²) in [6.45, 7) is 3.45. The van der Waals surface area contributed by atoms with E-state index in [4.69, 9.17) is 4.74 Å². The highest BCUT2D eigenvalue weighted by atomic mass is 32.1. The predicted molar refractivity (Wildman–Crippen MR) is 96.9 cm³/mol. The zero-order valence-corrected chi connectivity index (χ0v) is 14.6. The summed E-state index contributed by atoms with van der Waals surface area (Å²) >= 11 is 1.73. The van der Waals surface area contributed by atoms with Crippen LogP contribution in [0.5, 0.6) is 0 Å². The Hall–Kier alpha value is -1.69. The van der Waals surface area contributed by atoms with Crippen LogP contribution in [0.3, 0.4) is 0 Å². The van der Waals surface area contributed by atoms with Crippen LogP contribution in [0.15, 0.2) is 47.8 Å². The Bertz CT molecular complexity index is 610. The van der Waals surface area contributed by atoms with Crippen molar-refractivity contribution in [3.63, 3.8) is 0 Å². The second-order valence-electron chi connectivity index (χ2n) is 6.15. The molecule has 0 bridgehead atoms. The van der Waals surface area contributed by atoms with Crippen molar-refractivity contribution in [1.29, 1.82) is 0 Å². The SMILES string of the molecule is O=C(CN(Cc1cccs1)C[C@@H]1CCCO1)NCc1ccccc1. The molecule has 1 atom stereocenters. The van der Waals surface area contributed by atoms with Gasteiger partial charge in [0.15, 0.2) is 0 Å². The van der Waals surface area contributed by atoms with Gasteiger partial charge in [-0.2, -0.15) is 0 Å². The highest BCUT2D eigenvalue weighted by Gasteiger charge is 2.21. The molecule has 1 amide bonds. The molecule has 1 saturated heterocycles. The Morgan fingerprint density at radius 3 is 2.83 bits per heavy atom. The number of nitrogens with zero attached hydrogens (tertiary/aromatic N) is 1. The molecule has 128 valence electrons. The Labute approximate surface area is 147 Å². The molecule has 1 aromatic carbocycles. The fourth-order valence-corrected chi connectivity index (χ4v) is 3.69. The van der Waals surface area contributed by atoms with Crippen LogP contribution >= 0.6 is 11.3 Å². The molecule has 4 nitrogen and oxygen atoms in total. The van der Waals surface area contributed by atoms with Crippen LogP contribution in [0.4, 0.5) is 0 Å². The fraction of sp³-hybridized carbons (Fsp3) is 0.421. The molecule has 0 unspecified atom stereocenters. The van der Waals surface area contributed by atoms with E-state index < -0.39 is 0 Å². The molecule has 24 heavy (non-hydrogen) atoms. The molecule has 1 aliphatic heterocycles. The number of hydrogen-bond donors (Lipinski definition) is 1. The van der Waals surface area contributed by atoms with Crippen LogP contribution in [-0.4, -0.2) is 36.6 Å². The van der Waals surface area contributed by atoms with Crippen molar-refractivity contribution in [3.8, 4) is 0 Å². The van der Waals surface area contributed by atoms with Crippen molar-refractivity contribution in [3.05, 3.63) is 58.3 Å². The normalized spacial score (nSPS) is 17.3. The van der Waals surface area contributed by atoms with E-state index in [1.165, 1.54) is 4.88 Å². The van der Waals surface area contributed by atoms with E-state index in [-0.39, 0.29) is 12.0 Å². The summed E-state index contributed by atoms with van der Waals surface area (Å²) in [6, 6.07) is 14.2. The van der Waals surface area contributed by atoms with Gasteiger partial charge in [-0.15, -0.1) is 11.3 Å². The van der Waals surface area contributed by atoms with Crippen LogP contribution in [0.1, 0.15) is 23.3 Å². The fourth-order valence-electron chi connectivity index (χ4n) is 2.94. The molecule has 3 rings (SSSR count). The van der Waals surface area contributed by atoms with Crippen LogP contribution < -0.4 is 5.32 Å². The van der Waals surface area contributed by atoms with Crippen molar-refractivity contribution in [2.75, 3.05) is 19.7 Å². The lowest BCUT2D eigenvalue weighted by Gasteiger charge is -2.24. The van der Waals surface area contributed by atoms with Crippen molar-refractivity contribution < 1.29 is 9.53 Å². The molecular weight excluding hydrogens is 320 g/mol. The van der Waals surface area contributed by atoms with E-state index in [0.29, 0.717) is 13.1 Å². The smallest absolute Gasteiger partial charge is 0.234 e. The minimum absolute atomic E-state index is 0.0633. The summed E-state index contributed by atoms with van der Waals surface area (Å²) in [5, 5.41) is 5.09. The van der Waals surface area contributed by atoms with E-state index in [0.717, 1.165) is 38.1 Å². The van der Waals surface area contributed by atoms with Crippen LogP contribution in [0, 0.1) is 0 Å². The molecule has 0 aliphatic carbocycles. The van der Waals surface area contributed by atoms with E-state index in [1.807, 2.05) is 30.3 Å². The summed E-state index contributed by atoms with van der Waals surface area (Å²) < 4.78 is 5.74. The average Bonchev–Trinajstić information content (AvgIpc) is 3.28. The van der Waals surface area contributed by atoms with Crippen molar-refractivity contribution in [2.45, 2.75) is 32.0 Å². The maximum Gasteiger partial charge on any atom is 0.234 e. The molecule has 2 aromatic rings. The second-order valence-corrected chi connectivity index (χ2v) is 7.18. The highest BCUT2D eigenvalue weighted by Crippen LogP contribution is 2.17. The molecular formula is C19H24N2O2S. The zero-order valence-electron chi connectivity index (χ0n) is 13.8. The Morgan fingerprint density at radius 1 is 1.25 bits per heavy atom. The Morgan fingerprint density at radius 2 is 2.12 bits per heavy atom. The summed E-state index contributed by atoms with van der Waals surface area (Å²) in [7, 11) is 0. The number of nitrogens with one attached hydrogen (secondary N) is 1. The second kappa shape index (κ2) is 8.97. The monoisotopic (exact) mass is 344 g/mol. The lowest BCUT2D eigenvalue weighted by atomic mass is 10.2. The summed E-state index contributed by atoms with van der Waals surface area (Å²) in [6.07, 6.45) is 2.47. The summed E-state index contributed by atoms with van der Waals surface area (Å²) in [5.41, 5.74) is 1.12. The lowest BCUT2D eigenvalue weighted by Crippen LogP contribution is -2.40. The molecule has 0 radical (unpaired) electrons. The molecule has 1 N–H and O–H groups in total. The minimum Gasteiger partial charge on any atom is -0.377 e. The molecule has 1 aromatic heterocycles. The number of carbonyl (C=O) groups excluding carboxylic acids is 1. The lowest BCUT2D eigenvalue weighted by molar-refractivity contribution is -0.122. The minimum atomic E-state index is 0.0633. The Kier molecular flexibility index (Phi) is 6.41. The van der Waals surface area contributed by atoms with Gasteiger partial charge in [0, 0.05) is 31.1 Å². The maximum atomic E-state index is 12.3. The molecule has 1 fully saturated rings. The number of amides is 1. The summed E-state index contributed by atoms with van der Waals surface area (Å²) in [4.78, 5) is 15.8. The molecule has 1 aliphatic rings. The average molecular weight is 344 g/mol. The third-order valence-electron chi connectivity index (χ3n) is 4.15. The zero-order chi connectivity index (χ0) is 16.6. The Balaban J connectivity index is 1.52. The first-order chi connectivity index (χ1) is 11.8. The van der Waals surface area contributed by atoms with Crippen molar-refractivity contribution in [1.82, 2.24) is 10.2 Å². The largest absolute Gasteiger partial charge is 0.377 e. The number of thiophene rings is 1. The number of carbonyl (C=O) groups is 1. The summed E-state index contributed by atoms with van der Waals surface area (Å²) in [5.74, 6) is 0.0633. The molecule has 0 spiro atoms. The first-order valence-corrected chi connectivity index (χ1v) is 9.34. The van der Waals surface area contributed by atoms with Gasteiger partial charge in [-0.1, -0.05) is 36.4 Å². The van der Waals surface area contributed by atoms with Gasteiger partial charge in [0.25, 0.3) is 0 Å². The highest BCUT2D eigenvalue weighted by molar-refractivity contribution is 7.09. The number of benzene rings is 1. The quantitative estimate of drug-likeness (QED) is 0.800. The van der Waals surface area contributed by atoms with Crippen LogP contribution in [-0.2, 0) is 22.6 Å². The maximum absolute atomic E-state index is 12.3. The standard InChI is InChI=1S/C19H24N2O2S/c22-19(20-12-16-6-2-1-3-7-16)15-21(13-17-8-4-10-23-17)14-18-9-5-11-24-18/h1-3,5-7,9,11,17H,4,8,10,12-15H2,(H,20,22)/t17-/m0/s1. The van der Waals surface area contributed by atoms with E-state index in [9.17, 15) is 4.79 Å². The third-order valence-corrected chi connectivity index (χ3v) is 5.01. The van der Waals surface area contributed by atoms with Gasteiger partial charge in [-0.3, -0.25) is 9.69 Å². The van der Waals surface area contributed by atoms with Crippen LogP contribution in [0.25, 0.3) is 0 Å². The van der Waals surface area contributed by atoms with Gasteiger partial charge in [0.1, 0.15) is 0 Å². The number of hydrogen-bond acceptors (Lipinski definition) is 4.